The van der Waals surface area contributed by atoms with Crippen LogP contribution < -0.4 is 0 Å². The van der Waals surface area contributed by atoms with E-state index in [1.807, 2.05) is 21.1 Å². The molecule has 0 aromatic heterocycles. The van der Waals surface area contributed by atoms with Crippen molar-refractivity contribution in [3.63, 3.8) is 0 Å². The van der Waals surface area contributed by atoms with E-state index in [2.05, 4.69) is 13.8 Å². The molecule has 0 rings (SSSR count). The minimum atomic E-state index is -0.648. The van der Waals surface area contributed by atoms with E-state index in [9.17, 15) is 14.7 Å². The Bertz CT molecular complexity index is 648. The number of unbranched alkanes of at least 4 members (excludes halogenated alkanes) is 25. The number of ketones is 1. The zero-order chi connectivity index (χ0) is 32.7. The lowest BCUT2D eigenvalue weighted by atomic mass is 9.93. The van der Waals surface area contributed by atoms with Crippen LogP contribution in [0.15, 0.2) is 0 Å². The highest BCUT2D eigenvalue weighted by Crippen LogP contribution is 2.29. The van der Waals surface area contributed by atoms with Gasteiger partial charge in [-0.2, -0.15) is 0 Å². The van der Waals surface area contributed by atoms with E-state index in [1.165, 1.54) is 148 Å². The van der Waals surface area contributed by atoms with Crippen LogP contribution in [-0.4, -0.2) is 54.4 Å². The van der Waals surface area contributed by atoms with Gasteiger partial charge in [0, 0.05) is 6.42 Å². The van der Waals surface area contributed by atoms with Crippen molar-refractivity contribution in [2.45, 2.75) is 206 Å². The van der Waals surface area contributed by atoms with Crippen molar-refractivity contribution in [2.24, 2.45) is 5.92 Å². The van der Waals surface area contributed by atoms with Gasteiger partial charge < -0.3 is 9.59 Å². The Morgan fingerprint density at radius 3 is 1.18 bits per heavy atom. The second kappa shape index (κ2) is 31.3. The van der Waals surface area contributed by atoms with Crippen molar-refractivity contribution < 1.29 is 19.2 Å². The highest BCUT2D eigenvalue weighted by Gasteiger charge is 2.28. The maximum absolute atomic E-state index is 13.2. The van der Waals surface area contributed by atoms with E-state index in [-0.39, 0.29) is 19.9 Å². The number of rotatable bonds is 35. The Kier molecular flexibility index (Phi) is 31.1. The number of nitrogens with zero attached hydrogens (tertiary/aromatic N) is 1. The lowest BCUT2D eigenvalue weighted by Gasteiger charge is -2.27. The van der Waals surface area contributed by atoms with Crippen molar-refractivity contribution in [3.05, 3.63) is 0 Å². The largest absolute Gasteiger partial charge is 0.383 e. The average molecular weight is 641 g/mol. The number of hydrogen-bond acceptors (Lipinski definition) is 3. The van der Waals surface area contributed by atoms with Crippen molar-refractivity contribution in [2.75, 3.05) is 27.7 Å². The second-order valence-electron chi connectivity index (χ2n) is 14.9. The lowest BCUT2D eigenvalue weighted by molar-refractivity contribution is -0.871. The Morgan fingerprint density at radius 1 is 0.523 bits per heavy atom. The van der Waals surface area contributed by atoms with E-state index in [0.717, 1.165) is 25.7 Å². The summed E-state index contributed by atoms with van der Waals surface area (Å²) >= 11 is 0. The first-order valence-corrected chi connectivity index (χ1v) is 20.6. The van der Waals surface area contributed by atoms with Crippen molar-refractivity contribution >= 4 is 19.9 Å². The Hall–Kier alpha value is -0.310. The van der Waals surface area contributed by atoms with E-state index < -0.39 is 11.8 Å². The number of aliphatic hydroxyl groups excluding tert-OH is 1. The third-order valence-corrected chi connectivity index (χ3v) is 10.3. The number of carbonyl (C=O) groups is 2. The zero-order valence-electron chi connectivity index (χ0n) is 30.6. The zero-order valence-corrected chi connectivity index (χ0v) is 31.6. The molecule has 0 heterocycles. The van der Waals surface area contributed by atoms with Gasteiger partial charge in [-0.15, -0.1) is 0 Å². The molecule has 0 amide bonds. The molecule has 0 fully saturated rings. The molecule has 0 spiro atoms. The van der Waals surface area contributed by atoms with Crippen LogP contribution in [0.1, 0.15) is 200 Å². The Labute approximate surface area is 278 Å². The maximum Gasteiger partial charge on any atom is 0.164 e. The predicted octanol–water partition coefficient (Wildman–Crippen LogP) is 11.8. The van der Waals surface area contributed by atoms with Crippen LogP contribution in [0.25, 0.3) is 0 Å². The molecule has 0 aliphatic rings. The van der Waals surface area contributed by atoms with Crippen LogP contribution in [0, 0.1) is 5.92 Å². The molecule has 0 bridgehead atoms. The van der Waals surface area contributed by atoms with Gasteiger partial charge in [0.05, 0.1) is 27.1 Å². The molecule has 1 N–H and O–H groups in total. The highest BCUT2D eigenvalue weighted by atomic mass is 31.1. The lowest BCUT2D eigenvalue weighted by Crippen LogP contribution is -2.40. The van der Waals surface area contributed by atoms with Gasteiger partial charge in [-0.3, -0.25) is 9.59 Å². The fourth-order valence-electron chi connectivity index (χ4n) is 6.30. The minimum Gasteiger partial charge on any atom is -0.383 e. The summed E-state index contributed by atoms with van der Waals surface area (Å²) < 4.78 is 0.623. The number of aliphatic hydroxyl groups is 1. The Balaban J connectivity index is 4.21. The molecule has 4 nitrogen and oxygen atoms in total. The number of carbonyl (C=O) groups excluding carboxylic acids is 2. The molecule has 0 saturated carbocycles. The van der Waals surface area contributed by atoms with Gasteiger partial charge in [-0.25, -0.2) is 0 Å². The summed E-state index contributed by atoms with van der Waals surface area (Å²) in [4.78, 5) is 26.4. The fourth-order valence-corrected chi connectivity index (χ4v) is 7.78. The third kappa shape index (κ3) is 30.3. The van der Waals surface area contributed by atoms with Crippen LogP contribution in [0.4, 0.5) is 0 Å². The summed E-state index contributed by atoms with van der Waals surface area (Å²) in [6.07, 6.45) is 36.3. The van der Waals surface area contributed by atoms with Crippen molar-refractivity contribution in [1.29, 1.82) is 0 Å². The van der Waals surface area contributed by atoms with E-state index in [0.29, 0.717) is 23.9 Å². The molecule has 0 radical (unpaired) electrons. The van der Waals surface area contributed by atoms with Gasteiger partial charge in [-0.1, -0.05) is 181 Å². The normalized spacial score (nSPS) is 13.6. The van der Waals surface area contributed by atoms with Crippen molar-refractivity contribution in [1.82, 2.24) is 0 Å². The summed E-state index contributed by atoms with van der Waals surface area (Å²) in [5, 5.41) is 10.5. The number of likely N-dealkylation sites (N-methyl/N-ethyl adjacent to an activating group) is 1. The standard InChI is InChI=1S/C39H79NO3P/c1-6-8-10-12-14-16-18-20-21-22-24-26-28-30-32-34-37(41)36(39(43)44-38(42)35-40(3,4)5)33-31-29-27-25-23-19-17-15-13-11-9-7-2/h36,38,42,44H,6-35H2,1-5H3/q+1. The molecule has 0 aromatic carbocycles. The summed E-state index contributed by atoms with van der Waals surface area (Å²) in [5.74, 6) is -1.01. The molecule has 0 aliphatic heterocycles. The molecular weight excluding hydrogens is 561 g/mol. The molecule has 44 heavy (non-hydrogen) atoms. The Morgan fingerprint density at radius 2 is 0.841 bits per heavy atom. The molecular formula is C39H79NO3P+. The number of hydrogen-bond donors (Lipinski definition) is 1. The quantitative estimate of drug-likeness (QED) is 0.0324. The first kappa shape index (κ1) is 43.7. The van der Waals surface area contributed by atoms with Gasteiger partial charge in [0.2, 0.25) is 0 Å². The molecule has 3 atom stereocenters. The van der Waals surface area contributed by atoms with Gasteiger partial charge in [0.25, 0.3) is 0 Å². The highest BCUT2D eigenvalue weighted by molar-refractivity contribution is 7.58. The SMILES string of the molecule is CCCCCCCCCCCCCCCCCC(=O)C(CCCCCCCCCCCCCC)C(=O)PC(O)C[N+](C)(C)C. The molecule has 262 valence electrons. The van der Waals surface area contributed by atoms with Gasteiger partial charge in [0.15, 0.2) is 5.52 Å². The molecule has 0 saturated heterocycles. The van der Waals surface area contributed by atoms with Crippen LogP contribution in [0.5, 0.6) is 0 Å². The second-order valence-corrected chi connectivity index (χ2v) is 16.3. The average Bonchev–Trinajstić information content (AvgIpc) is 2.96. The van der Waals surface area contributed by atoms with Crippen LogP contribution in [0.2, 0.25) is 0 Å². The van der Waals surface area contributed by atoms with E-state index in [1.54, 1.807) is 0 Å². The smallest absolute Gasteiger partial charge is 0.164 e. The van der Waals surface area contributed by atoms with Crippen molar-refractivity contribution in [3.8, 4) is 0 Å². The summed E-state index contributed by atoms with van der Waals surface area (Å²) in [5.41, 5.74) is -0.0000163. The first-order valence-electron chi connectivity index (χ1n) is 19.5. The number of quaternary nitrogens is 1. The third-order valence-electron chi connectivity index (χ3n) is 9.11. The summed E-state index contributed by atoms with van der Waals surface area (Å²) in [6.45, 7) is 5.09. The predicted molar refractivity (Wildman–Crippen MR) is 196 cm³/mol. The molecule has 5 heteroatoms. The van der Waals surface area contributed by atoms with Gasteiger partial charge >= 0.3 is 0 Å². The summed E-state index contributed by atoms with van der Waals surface area (Å²) in [7, 11) is 5.92. The topological polar surface area (TPSA) is 54.4 Å². The maximum atomic E-state index is 13.2. The summed E-state index contributed by atoms with van der Waals surface area (Å²) in [6, 6.07) is 0. The van der Waals surface area contributed by atoms with E-state index in [4.69, 9.17) is 0 Å². The molecule has 0 aliphatic carbocycles. The van der Waals surface area contributed by atoms with Crippen LogP contribution in [-0.2, 0) is 9.59 Å². The van der Waals surface area contributed by atoms with Crippen LogP contribution >= 0.6 is 8.58 Å². The minimum absolute atomic E-state index is 0.0000163. The number of Topliss-reactive ketones (excluding diaryl/α,β-unsaturated/α-hetero) is 1. The van der Waals surface area contributed by atoms with Gasteiger partial charge in [0.1, 0.15) is 18.2 Å². The van der Waals surface area contributed by atoms with E-state index >= 15 is 0 Å². The van der Waals surface area contributed by atoms with Crippen LogP contribution in [0.3, 0.4) is 0 Å². The molecule has 0 aromatic rings. The van der Waals surface area contributed by atoms with Gasteiger partial charge in [-0.05, 0) is 21.4 Å². The first-order chi connectivity index (χ1) is 21.2. The fraction of sp³-hybridized carbons (Fsp3) is 0.949. The molecule has 3 unspecified atom stereocenters. The monoisotopic (exact) mass is 641 g/mol.